The number of nitro benzene ring substituents is 2. The van der Waals surface area contributed by atoms with Crippen molar-refractivity contribution in [3.8, 4) is 17.2 Å². The number of nitro groups is 2. The van der Waals surface area contributed by atoms with Gasteiger partial charge in [-0.25, -0.2) is 5.43 Å². The summed E-state index contributed by atoms with van der Waals surface area (Å²) in [7, 11) is 2.80. The highest BCUT2D eigenvalue weighted by atomic mass is 79.9. The van der Waals surface area contributed by atoms with Crippen molar-refractivity contribution in [3.63, 3.8) is 0 Å². The number of amides is 1. The highest BCUT2D eigenvalue weighted by Crippen LogP contribution is 2.37. The van der Waals surface area contributed by atoms with Crippen molar-refractivity contribution in [2.24, 2.45) is 5.10 Å². The molecule has 0 aromatic heterocycles. The zero-order valence-corrected chi connectivity index (χ0v) is 20.6. The average Bonchev–Trinajstić information content (AvgIpc) is 2.87. The Bertz CT molecular complexity index is 1330. The number of halogens is 1. The predicted octanol–water partition coefficient (Wildman–Crippen LogP) is 4.63. The third-order valence-corrected chi connectivity index (χ3v) is 5.39. The summed E-state index contributed by atoms with van der Waals surface area (Å²) < 4.78 is 16.9. The Morgan fingerprint density at radius 2 is 1.61 bits per heavy atom. The number of nitrogens with zero attached hydrogens (tertiary/aromatic N) is 3. The highest BCUT2D eigenvalue weighted by molar-refractivity contribution is 9.10. The summed E-state index contributed by atoms with van der Waals surface area (Å²) in [4.78, 5) is 33.2. The molecule has 0 heterocycles. The number of carbonyl (C=O) groups excluding carboxylic acids is 1. The van der Waals surface area contributed by atoms with Crippen LogP contribution in [-0.4, -0.2) is 36.2 Å². The Labute approximate surface area is 212 Å². The van der Waals surface area contributed by atoms with Crippen LogP contribution < -0.4 is 19.6 Å². The van der Waals surface area contributed by atoms with Crippen molar-refractivity contribution in [1.29, 1.82) is 0 Å². The smallest absolute Gasteiger partial charge is 0.275 e. The molecule has 186 valence electrons. The quantitative estimate of drug-likeness (QED) is 0.214. The molecule has 0 saturated carbocycles. The Balaban J connectivity index is 1.72. The van der Waals surface area contributed by atoms with E-state index >= 15 is 0 Å². The van der Waals surface area contributed by atoms with Crippen LogP contribution in [0.4, 0.5) is 11.4 Å². The molecule has 0 aliphatic rings. The van der Waals surface area contributed by atoms with E-state index in [4.69, 9.17) is 14.2 Å². The van der Waals surface area contributed by atoms with Gasteiger partial charge in [0.15, 0.2) is 11.5 Å². The lowest BCUT2D eigenvalue weighted by molar-refractivity contribution is -0.385. The molecule has 0 bridgehead atoms. The molecule has 0 saturated heterocycles. The molecule has 0 aliphatic carbocycles. The molecule has 0 radical (unpaired) electrons. The van der Waals surface area contributed by atoms with Crippen LogP contribution in [0, 0.1) is 20.2 Å². The molecule has 3 rings (SSSR count). The molecule has 0 aliphatic heterocycles. The number of carbonyl (C=O) groups is 1. The van der Waals surface area contributed by atoms with Gasteiger partial charge < -0.3 is 14.2 Å². The average molecular weight is 559 g/mol. The van der Waals surface area contributed by atoms with E-state index in [1.54, 1.807) is 24.3 Å². The fourth-order valence-corrected chi connectivity index (χ4v) is 3.61. The normalized spacial score (nSPS) is 10.6. The molecule has 0 atom stereocenters. The molecule has 0 unspecified atom stereocenters. The zero-order chi connectivity index (χ0) is 26.2. The Kier molecular flexibility index (Phi) is 8.52. The van der Waals surface area contributed by atoms with Gasteiger partial charge >= 0.3 is 0 Å². The van der Waals surface area contributed by atoms with Crippen LogP contribution >= 0.6 is 15.9 Å². The maximum Gasteiger partial charge on any atom is 0.275 e. The second-order valence-electron chi connectivity index (χ2n) is 7.09. The first-order valence-electron chi connectivity index (χ1n) is 10.1. The van der Waals surface area contributed by atoms with Crippen molar-refractivity contribution < 1.29 is 28.9 Å². The lowest BCUT2D eigenvalue weighted by Gasteiger charge is -2.13. The maximum absolute atomic E-state index is 12.5. The first-order chi connectivity index (χ1) is 17.2. The molecular weight excluding hydrogens is 540 g/mol. The van der Waals surface area contributed by atoms with Gasteiger partial charge in [0.1, 0.15) is 12.4 Å². The van der Waals surface area contributed by atoms with E-state index in [0.29, 0.717) is 21.5 Å². The first kappa shape index (κ1) is 26.1. The largest absolute Gasteiger partial charge is 0.496 e. The monoisotopic (exact) mass is 558 g/mol. The lowest BCUT2D eigenvalue weighted by atomic mass is 10.1. The standard InChI is InChI=1S/C23H19BrN4O8/c1-34-20-8-7-17(28(32)33)11-18(20)23(29)26-25-12-15-9-19(24)22(21(10-15)35-2)36-13-14-3-5-16(6-4-14)27(30)31/h3-12H,13H2,1-2H3,(H,26,29)/b25-12-. The van der Waals surface area contributed by atoms with Gasteiger partial charge in [0.25, 0.3) is 17.3 Å². The number of non-ortho nitro benzene ring substituents is 2. The maximum atomic E-state index is 12.5. The number of hydrogen-bond donors (Lipinski definition) is 1. The number of benzene rings is 3. The number of rotatable bonds is 10. The molecule has 36 heavy (non-hydrogen) atoms. The summed E-state index contributed by atoms with van der Waals surface area (Å²) in [5.41, 5.74) is 3.26. The van der Waals surface area contributed by atoms with E-state index in [-0.39, 0.29) is 29.3 Å². The Morgan fingerprint density at radius 3 is 2.22 bits per heavy atom. The van der Waals surface area contributed by atoms with Gasteiger partial charge in [-0.1, -0.05) is 0 Å². The van der Waals surface area contributed by atoms with Crippen LogP contribution in [0.5, 0.6) is 17.2 Å². The fourth-order valence-electron chi connectivity index (χ4n) is 3.04. The minimum Gasteiger partial charge on any atom is -0.496 e. The summed E-state index contributed by atoms with van der Waals surface area (Å²) in [5.74, 6) is 0.242. The molecule has 0 fully saturated rings. The van der Waals surface area contributed by atoms with E-state index in [9.17, 15) is 25.0 Å². The van der Waals surface area contributed by atoms with Crippen LogP contribution in [0.3, 0.4) is 0 Å². The molecular formula is C23H19BrN4O8. The van der Waals surface area contributed by atoms with Gasteiger partial charge in [0, 0.05) is 24.3 Å². The molecule has 0 spiro atoms. The van der Waals surface area contributed by atoms with E-state index in [0.717, 1.165) is 11.6 Å². The third kappa shape index (κ3) is 6.33. The number of hydrazone groups is 1. The second kappa shape index (κ2) is 11.8. The SMILES string of the molecule is COc1ccc([N+](=O)[O-])cc1C(=O)N/N=C\c1cc(Br)c(OCc2ccc([N+](=O)[O-])cc2)c(OC)c1. The first-order valence-corrected chi connectivity index (χ1v) is 10.9. The van der Waals surface area contributed by atoms with Crippen LogP contribution in [0.15, 0.2) is 64.2 Å². The molecule has 1 N–H and O–H groups in total. The lowest BCUT2D eigenvalue weighted by Crippen LogP contribution is -2.18. The summed E-state index contributed by atoms with van der Waals surface area (Å²) in [6.45, 7) is 0.140. The molecule has 3 aromatic rings. The summed E-state index contributed by atoms with van der Waals surface area (Å²) in [5, 5.41) is 25.7. The minimum atomic E-state index is -0.694. The van der Waals surface area contributed by atoms with E-state index < -0.39 is 15.8 Å². The number of hydrogen-bond acceptors (Lipinski definition) is 9. The van der Waals surface area contributed by atoms with Crippen LogP contribution in [0.2, 0.25) is 0 Å². The highest BCUT2D eigenvalue weighted by Gasteiger charge is 2.17. The topological polar surface area (TPSA) is 155 Å². The van der Waals surface area contributed by atoms with Gasteiger partial charge in [-0.3, -0.25) is 25.0 Å². The predicted molar refractivity (Wildman–Crippen MR) is 133 cm³/mol. The van der Waals surface area contributed by atoms with Crippen LogP contribution in [-0.2, 0) is 6.61 Å². The second-order valence-corrected chi connectivity index (χ2v) is 7.94. The van der Waals surface area contributed by atoms with Crippen LogP contribution in [0.25, 0.3) is 0 Å². The Hall–Kier alpha value is -4.52. The number of nitrogens with one attached hydrogen (secondary N) is 1. The van der Waals surface area contributed by atoms with Crippen molar-refractivity contribution in [2.45, 2.75) is 6.61 Å². The molecule has 1 amide bonds. The van der Waals surface area contributed by atoms with E-state index in [1.165, 1.54) is 44.7 Å². The van der Waals surface area contributed by atoms with Crippen molar-refractivity contribution in [2.75, 3.05) is 14.2 Å². The van der Waals surface area contributed by atoms with E-state index in [1.807, 2.05) is 0 Å². The van der Waals surface area contributed by atoms with Gasteiger partial charge in [-0.15, -0.1) is 0 Å². The number of ether oxygens (including phenoxy) is 3. The summed E-state index contributed by atoms with van der Waals surface area (Å²) >= 11 is 3.42. The molecule has 13 heteroatoms. The van der Waals surface area contributed by atoms with Crippen molar-refractivity contribution in [1.82, 2.24) is 5.43 Å². The fraction of sp³-hybridized carbons (Fsp3) is 0.130. The molecule has 3 aromatic carbocycles. The van der Waals surface area contributed by atoms with Gasteiger partial charge in [-0.2, -0.15) is 5.10 Å². The van der Waals surface area contributed by atoms with Crippen LogP contribution in [0.1, 0.15) is 21.5 Å². The van der Waals surface area contributed by atoms with E-state index in [2.05, 4.69) is 26.5 Å². The van der Waals surface area contributed by atoms with Gasteiger partial charge in [-0.05, 0) is 57.4 Å². The van der Waals surface area contributed by atoms with Crippen molar-refractivity contribution >= 4 is 39.4 Å². The Morgan fingerprint density at radius 1 is 0.972 bits per heavy atom. The summed E-state index contributed by atoms with van der Waals surface area (Å²) in [6, 6.07) is 12.9. The summed E-state index contributed by atoms with van der Waals surface area (Å²) in [6.07, 6.45) is 1.36. The molecule has 12 nitrogen and oxygen atoms in total. The van der Waals surface area contributed by atoms with Gasteiger partial charge in [0.05, 0.1) is 40.3 Å². The van der Waals surface area contributed by atoms with Gasteiger partial charge in [0.2, 0.25) is 0 Å². The zero-order valence-electron chi connectivity index (χ0n) is 19.0. The third-order valence-electron chi connectivity index (χ3n) is 4.80. The minimum absolute atomic E-state index is 0.0165. The number of methoxy groups -OCH3 is 2. The van der Waals surface area contributed by atoms with Crippen molar-refractivity contribution in [3.05, 3.63) is 96.0 Å².